The number of benzene rings is 1. The molecule has 1 unspecified atom stereocenters. The summed E-state index contributed by atoms with van der Waals surface area (Å²) in [7, 11) is 1.62. The molecule has 0 radical (unpaired) electrons. The molecule has 0 aliphatic carbocycles. The number of carboxylic acids is 1. The van der Waals surface area contributed by atoms with Crippen molar-refractivity contribution in [2.24, 2.45) is 0 Å². The van der Waals surface area contributed by atoms with Gasteiger partial charge in [0.1, 0.15) is 6.79 Å². The van der Waals surface area contributed by atoms with Gasteiger partial charge < -0.3 is 19.4 Å². The van der Waals surface area contributed by atoms with E-state index >= 15 is 0 Å². The SMILES string of the molecule is COCOC(CCCCCCCC(Cl)(Cl)C(=O)[O-])CCc1ccc(Cl)cc1. The van der Waals surface area contributed by atoms with E-state index in [0.29, 0.717) is 13.2 Å². The minimum absolute atomic E-state index is 0.150. The van der Waals surface area contributed by atoms with Crippen molar-refractivity contribution in [2.45, 2.75) is 68.2 Å². The van der Waals surface area contributed by atoms with Gasteiger partial charge >= 0.3 is 0 Å². The monoisotopic (exact) mass is 437 g/mol. The van der Waals surface area contributed by atoms with Crippen molar-refractivity contribution in [3.05, 3.63) is 34.9 Å². The molecule has 0 saturated heterocycles. The zero-order valence-electron chi connectivity index (χ0n) is 15.7. The molecule has 27 heavy (non-hydrogen) atoms. The first-order chi connectivity index (χ1) is 12.8. The summed E-state index contributed by atoms with van der Waals surface area (Å²) in [4.78, 5) is 10.7. The molecule has 154 valence electrons. The van der Waals surface area contributed by atoms with Crippen LogP contribution < -0.4 is 5.11 Å². The van der Waals surface area contributed by atoms with Crippen LogP contribution in [0.4, 0.5) is 0 Å². The number of aryl methyl sites for hydroxylation is 1. The number of rotatable bonds is 15. The number of aliphatic carboxylic acids is 1. The Bertz CT molecular complexity index is 535. The molecule has 0 aromatic heterocycles. The van der Waals surface area contributed by atoms with Gasteiger partial charge in [0, 0.05) is 12.1 Å². The number of ether oxygens (including phenoxy) is 2. The van der Waals surface area contributed by atoms with E-state index < -0.39 is 10.3 Å². The average Bonchev–Trinajstić information content (AvgIpc) is 2.63. The quantitative estimate of drug-likeness (QED) is 0.222. The number of unbranched alkanes of at least 4 members (excludes halogenated alkanes) is 4. The molecule has 0 heterocycles. The fraction of sp³-hybridized carbons (Fsp3) is 0.650. The van der Waals surface area contributed by atoms with Gasteiger partial charge in [-0.3, -0.25) is 0 Å². The molecule has 1 rings (SSSR count). The predicted octanol–water partition coefficient (Wildman–Crippen LogP) is 4.92. The van der Waals surface area contributed by atoms with Crippen molar-refractivity contribution in [3.63, 3.8) is 0 Å². The molecule has 0 aliphatic rings. The molecule has 1 aromatic carbocycles. The summed E-state index contributed by atoms with van der Waals surface area (Å²) in [5, 5.41) is 11.5. The van der Waals surface area contributed by atoms with Crippen molar-refractivity contribution >= 4 is 40.8 Å². The lowest BCUT2D eigenvalue weighted by Gasteiger charge is -2.20. The van der Waals surface area contributed by atoms with E-state index in [9.17, 15) is 9.90 Å². The number of carbonyl (C=O) groups is 1. The van der Waals surface area contributed by atoms with Crippen molar-refractivity contribution < 1.29 is 19.4 Å². The van der Waals surface area contributed by atoms with Gasteiger partial charge in [-0.05, 0) is 43.4 Å². The van der Waals surface area contributed by atoms with Gasteiger partial charge in [-0.2, -0.15) is 0 Å². The maximum Gasteiger partial charge on any atom is 0.157 e. The van der Waals surface area contributed by atoms with Crippen LogP contribution in [0.1, 0.15) is 56.9 Å². The Hall–Kier alpha value is -0.520. The Kier molecular flexibility index (Phi) is 12.4. The average molecular weight is 439 g/mol. The van der Waals surface area contributed by atoms with Gasteiger partial charge in [0.15, 0.2) is 4.33 Å². The molecule has 0 amide bonds. The smallest absolute Gasteiger partial charge is 0.157 e. The van der Waals surface area contributed by atoms with E-state index in [4.69, 9.17) is 44.3 Å². The fourth-order valence-corrected chi connectivity index (χ4v) is 3.20. The minimum Gasteiger partial charge on any atom is -0.547 e. The summed E-state index contributed by atoms with van der Waals surface area (Å²) in [5.74, 6) is -1.43. The highest BCUT2D eigenvalue weighted by atomic mass is 35.5. The molecule has 1 aromatic rings. The second kappa shape index (κ2) is 13.6. The first-order valence-corrected chi connectivity index (χ1v) is 10.4. The summed E-state index contributed by atoms with van der Waals surface area (Å²) in [6, 6.07) is 7.88. The van der Waals surface area contributed by atoms with Gasteiger partial charge in [0.25, 0.3) is 0 Å². The molecule has 0 saturated carbocycles. The summed E-state index contributed by atoms with van der Waals surface area (Å²) in [6.07, 6.45) is 7.84. The highest BCUT2D eigenvalue weighted by Gasteiger charge is 2.24. The minimum atomic E-state index is -1.78. The number of alkyl halides is 2. The van der Waals surface area contributed by atoms with Crippen molar-refractivity contribution in [3.8, 4) is 0 Å². The lowest BCUT2D eigenvalue weighted by molar-refractivity contribution is -0.306. The van der Waals surface area contributed by atoms with Crippen LogP contribution in [0, 0.1) is 0 Å². The van der Waals surface area contributed by atoms with Gasteiger partial charge in [0.05, 0.1) is 12.1 Å². The number of hydrogen-bond acceptors (Lipinski definition) is 4. The van der Waals surface area contributed by atoms with Crippen LogP contribution in [0.15, 0.2) is 24.3 Å². The Labute approximate surface area is 177 Å². The van der Waals surface area contributed by atoms with Gasteiger partial charge in [-0.25, -0.2) is 0 Å². The largest absolute Gasteiger partial charge is 0.547 e. The van der Waals surface area contributed by atoms with Crippen LogP contribution in [0.5, 0.6) is 0 Å². The third-order valence-electron chi connectivity index (χ3n) is 4.41. The molecule has 1 atom stereocenters. The molecule has 0 aliphatic heterocycles. The topological polar surface area (TPSA) is 58.6 Å². The van der Waals surface area contributed by atoms with E-state index in [1.54, 1.807) is 7.11 Å². The number of methoxy groups -OCH3 is 1. The van der Waals surface area contributed by atoms with Crippen LogP contribution in [0.25, 0.3) is 0 Å². The molecule has 7 heteroatoms. The van der Waals surface area contributed by atoms with Crippen LogP contribution in [-0.2, 0) is 20.7 Å². The highest BCUT2D eigenvalue weighted by Crippen LogP contribution is 2.27. The lowest BCUT2D eigenvalue weighted by atomic mass is 10.0. The number of hydrogen-bond donors (Lipinski definition) is 0. The van der Waals surface area contributed by atoms with Crippen LogP contribution in [0.3, 0.4) is 0 Å². The van der Waals surface area contributed by atoms with Crippen molar-refractivity contribution in [1.82, 2.24) is 0 Å². The van der Waals surface area contributed by atoms with E-state index in [1.165, 1.54) is 5.56 Å². The highest BCUT2D eigenvalue weighted by molar-refractivity contribution is 6.57. The number of halogens is 3. The summed E-state index contributed by atoms with van der Waals surface area (Å²) >= 11 is 17.2. The van der Waals surface area contributed by atoms with Gasteiger partial charge in [0.2, 0.25) is 0 Å². The second-order valence-electron chi connectivity index (χ2n) is 6.66. The number of carbonyl (C=O) groups excluding carboxylic acids is 1. The Balaban J connectivity index is 2.21. The molecule has 4 nitrogen and oxygen atoms in total. The van der Waals surface area contributed by atoms with Crippen molar-refractivity contribution in [2.75, 3.05) is 13.9 Å². The first kappa shape index (κ1) is 24.5. The van der Waals surface area contributed by atoms with Gasteiger partial charge in [-0.15, -0.1) is 0 Å². The molecular formula is C20H28Cl3O4-. The number of carboxylic acid groups (broad SMARTS) is 1. The molecule has 0 fully saturated rings. The Morgan fingerprint density at radius 1 is 1.07 bits per heavy atom. The van der Waals surface area contributed by atoms with E-state index in [0.717, 1.165) is 50.0 Å². The zero-order chi connectivity index (χ0) is 20.1. The normalized spacial score (nSPS) is 12.9. The molecular weight excluding hydrogens is 411 g/mol. The standard InChI is InChI=1S/C20H29Cl3O4/c1-26-15-27-18(13-10-16-8-11-17(21)12-9-16)7-5-3-2-4-6-14-20(22,23)19(24)25/h8-9,11-12,18H,2-7,10,13-15H2,1H3,(H,24,25)/p-1. The van der Waals surface area contributed by atoms with Crippen LogP contribution in [0.2, 0.25) is 5.02 Å². The van der Waals surface area contributed by atoms with E-state index in [-0.39, 0.29) is 12.5 Å². The third-order valence-corrected chi connectivity index (χ3v) is 5.34. The molecule has 0 bridgehead atoms. The van der Waals surface area contributed by atoms with Crippen LogP contribution >= 0.6 is 34.8 Å². The van der Waals surface area contributed by atoms with Crippen LogP contribution in [-0.4, -0.2) is 30.3 Å². The fourth-order valence-electron chi connectivity index (χ4n) is 2.81. The second-order valence-corrected chi connectivity index (χ2v) is 8.58. The zero-order valence-corrected chi connectivity index (χ0v) is 18.0. The lowest BCUT2D eigenvalue weighted by Crippen LogP contribution is -2.39. The summed E-state index contributed by atoms with van der Waals surface area (Å²) in [6.45, 7) is 0.294. The molecule has 0 spiro atoms. The maximum absolute atomic E-state index is 10.7. The first-order valence-electron chi connectivity index (χ1n) is 9.29. The Morgan fingerprint density at radius 3 is 2.33 bits per heavy atom. The maximum atomic E-state index is 10.7. The summed E-state index contributed by atoms with van der Waals surface area (Å²) in [5.41, 5.74) is 1.24. The third kappa shape index (κ3) is 11.2. The molecule has 0 N–H and O–H groups in total. The summed E-state index contributed by atoms with van der Waals surface area (Å²) < 4.78 is 9.04. The van der Waals surface area contributed by atoms with E-state index in [2.05, 4.69) is 0 Å². The van der Waals surface area contributed by atoms with Gasteiger partial charge in [-0.1, -0.05) is 79.0 Å². The van der Waals surface area contributed by atoms with Crippen molar-refractivity contribution in [1.29, 1.82) is 0 Å². The Morgan fingerprint density at radius 2 is 1.70 bits per heavy atom. The predicted molar refractivity (Wildman–Crippen MR) is 108 cm³/mol. The van der Waals surface area contributed by atoms with E-state index in [1.807, 2.05) is 24.3 Å².